The van der Waals surface area contributed by atoms with Crippen LogP contribution >= 0.6 is 0 Å². The lowest BCUT2D eigenvalue weighted by atomic mass is 10.1. The largest absolute Gasteiger partial charge is 0.507 e. The zero-order chi connectivity index (χ0) is 13.8. The van der Waals surface area contributed by atoms with Crippen LogP contribution in [0.5, 0.6) is 5.75 Å². The van der Waals surface area contributed by atoms with Crippen molar-refractivity contribution in [1.82, 2.24) is 0 Å². The summed E-state index contributed by atoms with van der Waals surface area (Å²) in [5.74, 6) is -1.50. The molecule has 0 radical (unpaired) electrons. The Morgan fingerprint density at radius 2 is 2.05 bits per heavy atom. The van der Waals surface area contributed by atoms with Gasteiger partial charge < -0.3 is 16.2 Å². The van der Waals surface area contributed by atoms with Crippen LogP contribution in [0.4, 0.5) is 10.1 Å². The molecule has 0 atom stereocenters. The van der Waals surface area contributed by atoms with Gasteiger partial charge in [0.25, 0.3) is 5.91 Å². The summed E-state index contributed by atoms with van der Waals surface area (Å²) in [6, 6.07) is 10.3. The number of aromatic hydroxyl groups is 1. The van der Waals surface area contributed by atoms with Gasteiger partial charge in [0.1, 0.15) is 11.6 Å². The van der Waals surface area contributed by atoms with Crippen molar-refractivity contribution in [2.45, 2.75) is 6.54 Å². The van der Waals surface area contributed by atoms with Crippen LogP contribution in [0.1, 0.15) is 15.9 Å². The van der Waals surface area contributed by atoms with Crippen LogP contribution in [0, 0.1) is 5.82 Å². The van der Waals surface area contributed by atoms with Crippen molar-refractivity contribution < 1.29 is 14.3 Å². The van der Waals surface area contributed by atoms with Crippen LogP contribution in [0.2, 0.25) is 0 Å². The van der Waals surface area contributed by atoms with Crippen LogP contribution in [0.15, 0.2) is 42.5 Å². The highest BCUT2D eigenvalue weighted by atomic mass is 19.1. The molecule has 0 aromatic heterocycles. The molecule has 0 heterocycles. The minimum absolute atomic E-state index is 0.0135. The maximum Gasteiger partial charge on any atom is 0.259 e. The zero-order valence-electron chi connectivity index (χ0n) is 10.1. The van der Waals surface area contributed by atoms with Gasteiger partial charge in [0, 0.05) is 18.3 Å². The average Bonchev–Trinajstić information content (AvgIpc) is 2.38. The van der Waals surface area contributed by atoms with E-state index in [2.05, 4.69) is 5.32 Å². The number of carbonyl (C=O) groups is 1. The van der Waals surface area contributed by atoms with Gasteiger partial charge in [-0.25, -0.2) is 4.39 Å². The maximum absolute atomic E-state index is 12.8. The minimum Gasteiger partial charge on any atom is -0.507 e. The Bertz CT molecular complexity index is 614. The van der Waals surface area contributed by atoms with Crippen LogP contribution < -0.4 is 11.1 Å². The average molecular weight is 260 g/mol. The lowest BCUT2D eigenvalue weighted by Gasteiger charge is -2.08. The third-order valence-corrected chi connectivity index (χ3v) is 2.62. The lowest BCUT2D eigenvalue weighted by Crippen LogP contribution is -2.12. The first-order chi connectivity index (χ1) is 9.10. The summed E-state index contributed by atoms with van der Waals surface area (Å²) in [7, 11) is 0. The molecule has 0 fully saturated rings. The highest BCUT2D eigenvalue weighted by Crippen LogP contribution is 2.20. The molecule has 0 saturated carbocycles. The molecular weight excluding hydrogens is 247 g/mol. The SMILES string of the molecule is NCc1cccc(NC(=O)c2ccc(F)cc2O)c1. The fourth-order valence-corrected chi connectivity index (χ4v) is 1.67. The lowest BCUT2D eigenvalue weighted by molar-refractivity contribution is 0.102. The normalized spacial score (nSPS) is 10.2. The molecule has 4 nitrogen and oxygen atoms in total. The Labute approximate surface area is 109 Å². The third kappa shape index (κ3) is 3.08. The second kappa shape index (κ2) is 5.49. The van der Waals surface area contributed by atoms with Crippen LogP contribution in [0.3, 0.4) is 0 Å². The first-order valence-corrected chi connectivity index (χ1v) is 5.69. The van der Waals surface area contributed by atoms with Crippen molar-refractivity contribution in [3.05, 3.63) is 59.4 Å². The fourth-order valence-electron chi connectivity index (χ4n) is 1.67. The van der Waals surface area contributed by atoms with Gasteiger partial charge in [0.2, 0.25) is 0 Å². The zero-order valence-corrected chi connectivity index (χ0v) is 10.1. The highest BCUT2D eigenvalue weighted by molar-refractivity contribution is 6.06. The summed E-state index contributed by atoms with van der Waals surface area (Å²) < 4.78 is 12.8. The van der Waals surface area contributed by atoms with Gasteiger partial charge in [-0.3, -0.25) is 4.79 Å². The number of anilines is 1. The molecule has 98 valence electrons. The van der Waals surface area contributed by atoms with Crippen molar-refractivity contribution in [3.63, 3.8) is 0 Å². The number of hydrogen-bond acceptors (Lipinski definition) is 3. The molecular formula is C14H13FN2O2. The molecule has 2 aromatic carbocycles. The molecule has 0 bridgehead atoms. The Kier molecular flexibility index (Phi) is 3.77. The van der Waals surface area contributed by atoms with Crippen LogP contribution in [0.25, 0.3) is 0 Å². The second-order valence-electron chi connectivity index (χ2n) is 4.02. The van der Waals surface area contributed by atoms with Gasteiger partial charge >= 0.3 is 0 Å². The summed E-state index contributed by atoms with van der Waals surface area (Å²) >= 11 is 0. The smallest absolute Gasteiger partial charge is 0.259 e. The van der Waals surface area contributed by atoms with E-state index in [1.165, 1.54) is 6.07 Å². The minimum atomic E-state index is -0.598. The number of hydrogen-bond donors (Lipinski definition) is 3. The molecule has 0 saturated heterocycles. The Morgan fingerprint density at radius 3 is 2.74 bits per heavy atom. The summed E-state index contributed by atoms with van der Waals surface area (Å²) in [5, 5.41) is 12.1. The van der Waals surface area contributed by atoms with E-state index < -0.39 is 17.5 Å². The number of phenolic OH excluding ortho intramolecular Hbond substituents is 1. The van der Waals surface area contributed by atoms with Crippen LogP contribution in [-0.4, -0.2) is 11.0 Å². The number of phenols is 1. The van der Waals surface area contributed by atoms with Gasteiger partial charge in [0.05, 0.1) is 5.56 Å². The maximum atomic E-state index is 12.8. The predicted octanol–water partition coefficient (Wildman–Crippen LogP) is 2.24. The standard InChI is InChI=1S/C14H13FN2O2/c15-10-4-5-12(13(18)7-10)14(19)17-11-3-1-2-9(6-11)8-16/h1-7,18H,8,16H2,(H,17,19). The monoisotopic (exact) mass is 260 g/mol. The van der Waals surface area contributed by atoms with E-state index in [0.717, 1.165) is 17.7 Å². The molecule has 0 aliphatic carbocycles. The number of rotatable bonds is 3. The van der Waals surface area contributed by atoms with Crippen molar-refractivity contribution >= 4 is 11.6 Å². The van der Waals surface area contributed by atoms with E-state index in [-0.39, 0.29) is 5.56 Å². The molecule has 0 aliphatic heterocycles. The molecule has 0 spiro atoms. The molecule has 2 rings (SSSR count). The number of nitrogens with one attached hydrogen (secondary N) is 1. The second-order valence-corrected chi connectivity index (χ2v) is 4.02. The summed E-state index contributed by atoms with van der Waals surface area (Å²) in [6.45, 7) is 0.367. The molecule has 5 heteroatoms. The number of nitrogens with two attached hydrogens (primary N) is 1. The Hall–Kier alpha value is -2.40. The van der Waals surface area contributed by atoms with Gasteiger partial charge in [0.15, 0.2) is 0 Å². The van der Waals surface area contributed by atoms with E-state index in [1.807, 2.05) is 6.07 Å². The number of halogens is 1. The predicted molar refractivity (Wildman–Crippen MR) is 70.4 cm³/mol. The van der Waals surface area contributed by atoms with E-state index in [9.17, 15) is 14.3 Å². The molecule has 0 aliphatic rings. The first-order valence-electron chi connectivity index (χ1n) is 5.69. The molecule has 1 amide bonds. The van der Waals surface area contributed by atoms with Crippen molar-refractivity contribution in [2.24, 2.45) is 5.73 Å². The van der Waals surface area contributed by atoms with Gasteiger partial charge in [-0.05, 0) is 29.8 Å². The van der Waals surface area contributed by atoms with Crippen molar-refractivity contribution in [3.8, 4) is 5.75 Å². The van der Waals surface area contributed by atoms with E-state index in [4.69, 9.17) is 5.73 Å². The Morgan fingerprint density at radius 1 is 1.26 bits per heavy atom. The summed E-state index contributed by atoms with van der Waals surface area (Å²) in [5.41, 5.74) is 6.96. The van der Waals surface area contributed by atoms with Crippen molar-refractivity contribution in [2.75, 3.05) is 5.32 Å². The summed E-state index contributed by atoms with van der Waals surface area (Å²) in [4.78, 5) is 11.9. The molecule has 19 heavy (non-hydrogen) atoms. The summed E-state index contributed by atoms with van der Waals surface area (Å²) in [6.07, 6.45) is 0. The quantitative estimate of drug-likeness (QED) is 0.792. The first kappa shape index (κ1) is 13.0. The third-order valence-electron chi connectivity index (χ3n) is 2.62. The molecule has 0 unspecified atom stereocenters. The number of benzene rings is 2. The van der Waals surface area contributed by atoms with E-state index >= 15 is 0 Å². The van der Waals surface area contributed by atoms with Gasteiger partial charge in [-0.1, -0.05) is 12.1 Å². The van der Waals surface area contributed by atoms with E-state index in [1.54, 1.807) is 18.2 Å². The van der Waals surface area contributed by atoms with Gasteiger partial charge in [-0.2, -0.15) is 0 Å². The highest BCUT2D eigenvalue weighted by Gasteiger charge is 2.12. The van der Waals surface area contributed by atoms with Crippen molar-refractivity contribution in [1.29, 1.82) is 0 Å². The topological polar surface area (TPSA) is 75.3 Å². The van der Waals surface area contributed by atoms with Crippen LogP contribution in [-0.2, 0) is 6.54 Å². The number of carbonyl (C=O) groups excluding carboxylic acids is 1. The van der Waals surface area contributed by atoms with E-state index in [0.29, 0.717) is 12.2 Å². The van der Waals surface area contributed by atoms with Gasteiger partial charge in [-0.15, -0.1) is 0 Å². The number of amides is 1. The molecule has 4 N–H and O–H groups in total. The Balaban J connectivity index is 2.20. The molecule has 2 aromatic rings. The fraction of sp³-hybridized carbons (Fsp3) is 0.0714.